The first-order valence-corrected chi connectivity index (χ1v) is 6.46. The van der Waals surface area contributed by atoms with Crippen LogP contribution in [0.15, 0.2) is 0 Å². The quantitative estimate of drug-likeness (QED) is 0.719. The number of rotatable bonds is 4. The molecule has 1 aliphatic rings. The summed E-state index contributed by atoms with van der Waals surface area (Å²) < 4.78 is 5.25. The van der Waals surface area contributed by atoms with E-state index >= 15 is 0 Å². The highest BCUT2D eigenvalue weighted by molar-refractivity contribution is 5.87. The molecule has 0 aliphatic carbocycles. The van der Waals surface area contributed by atoms with Gasteiger partial charge in [-0.05, 0) is 6.42 Å². The highest BCUT2D eigenvalue weighted by atomic mass is 16.5. The first kappa shape index (κ1) is 15.5. The Balaban J connectivity index is 2.38. The van der Waals surface area contributed by atoms with E-state index in [2.05, 4.69) is 16.6 Å². The maximum atomic E-state index is 11.7. The van der Waals surface area contributed by atoms with Crippen LogP contribution < -0.4 is 10.6 Å². The number of ether oxygens (including phenoxy) is 1. The molecule has 106 valence electrons. The van der Waals surface area contributed by atoms with Crippen molar-refractivity contribution in [3.63, 3.8) is 0 Å². The number of carbonyl (C=O) groups is 2. The SMILES string of the molecule is C#C[C@H](NC(=O)CNC(=O)C(C)(C)C)[C@H]1CCOC1. The zero-order valence-corrected chi connectivity index (χ0v) is 11.8. The second kappa shape index (κ2) is 6.58. The van der Waals surface area contributed by atoms with E-state index in [1.54, 1.807) is 20.8 Å². The van der Waals surface area contributed by atoms with E-state index < -0.39 is 5.41 Å². The Hall–Kier alpha value is -1.54. The third kappa shape index (κ3) is 4.92. The van der Waals surface area contributed by atoms with Crippen molar-refractivity contribution in [1.29, 1.82) is 0 Å². The molecule has 0 spiro atoms. The molecule has 5 heteroatoms. The second-order valence-electron chi connectivity index (χ2n) is 5.77. The van der Waals surface area contributed by atoms with Crippen LogP contribution in [-0.2, 0) is 14.3 Å². The van der Waals surface area contributed by atoms with Crippen LogP contribution in [0.25, 0.3) is 0 Å². The van der Waals surface area contributed by atoms with Crippen molar-refractivity contribution >= 4 is 11.8 Å². The van der Waals surface area contributed by atoms with E-state index in [0.717, 1.165) is 6.42 Å². The summed E-state index contributed by atoms with van der Waals surface area (Å²) in [5.74, 6) is 2.29. The molecule has 2 atom stereocenters. The van der Waals surface area contributed by atoms with Gasteiger partial charge in [0.2, 0.25) is 11.8 Å². The zero-order valence-electron chi connectivity index (χ0n) is 11.8. The summed E-state index contributed by atoms with van der Waals surface area (Å²) in [5, 5.41) is 5.34. The summed E-state index contributed by atoms with van der Waals surface area (Å²) in [7, 11) is 0. The predicted octanol–water partition coefficient (Wildman–Crippen LogP) is 0.303. The van der Waals surface area contributed by atoms with E-state index in [4.69, 9.17) is 11.2 Å². The predicted molar refractivity (Wildman–Crippen MR) is 72.2 cm³/mol. The number of terminal acetylenes is 1. The molecule has 2 amide bonds. The standard InChI is InChI=1S/C14H22N2O3/c1-5-11(10-6-7-19-9-10)16-12(17)8-15-13(18)14(2,3)4/h1,10-11H,6-9H2,2-4H3,(H,15,18)(H,16,17)/t10-,11-/m0/s1. The minimum absolute atomic E-state index is 0.0537. The molecular formula is C14H22N2O3. The molecule has 1 saturated heterocycles. The third-order valence-corrected chi connectivity index (χ3v) is 3.02. The highest BCUT2D eigenvalue weighted by Crippen LogP contribution is 2.16. The van der Waals surface area contributed by atoms with Crippen LogP contribution in [0.5, 0.6) is 0 Å². The van der Waals surface area contributed by atoms with Crippen LogP contribution >= 0.6 is 0 Å². The van der Waals surface area contributed by atoms with Gasteiger partial charge in [-0.2, -0.15) is 0 Å². The van der Waals surface area contributed by atoms with Crippen molar-refractivity contribution in [2.45, 2.75) is 33.2 Å². The van der Waals surface area contributed by atoms with Crippen molar-refractivity contribution in [3.05, 3.63) is 0 Å². The maximum Gasteiger partial charge on any atom is 0.240 e. The summed E-state index contributed by atoms with van der Waals surface area (Å²) in [5.41, 5.74) is -0.509. The molecular weight excluding hydrogens is 244 g/mol. The summed E-state index contributed by atoms with van der Waals surface area (Å²) in [6.45, 7) is 6.58. The summed E-state index contributed by atoms with van der Waals surface area (Å²) in [6.07, 6.45) is 6.27. The number of nitrogens with one attached hydrogen (secondary N) is 2. The van der Waals surface area contributed by atoms with Crippen LogP contribution in [0.4, 0.5) is 0 Å². The first-order valence-electron chi connectivity index (χ1n) is 6.46. The molecule has 0 radical (unpaired) electrons. The molecule has 0 aromatic rings. The lowest BCUT2D eigenvalue weighted by atomic mass is 9.96. The second-order valence-corrected chi connectivity index (χ2v) is 5.77. The van der Waals surface area contributed by atoms with E-state index in [1.807, 2.05) is 0 Å². The van der Waals surface area contributed by atoms with E-state index in [-0.39, 0.29) is 30.3 Å². The number of carbonyl (C=O) groups excluding carboxylic acids is 2. The normalized spacial score (nSPS) is 20.4. The van der Waals surface area contributed by atoms with Crippen molar-refractivity contribution in [2.24, 2.45) is 11.3 Å². The fourth-order valence-corrected chi connectivity index (χ4v) is 1.76. The molecule has 1 heterocycles. The van der Waals surface area contributed by atoms with Crippen LogP contribution in [-0.4, -0.2) is 37.6 Å². The molecule has 0 aromatic carbocycles. The van der Waals surface area contributed by atoms with Crippen LogP contribution in [0.3, 0.4) is 0 Å². The molecule has 0 bridgehead atoms. The van der Waals surface area contributed by atoms with Crippen LogP contribution in [0.2, 0.25) is 0 Å². The molecule has 5 nitrogen and oxygen atoms in total. The molecule has 0 aromatic heterocycles. The van der Waals surface area contributed by atoms with Gasteiger partial charge in [-0.25, -0.2) is 0 Å². The Morgan fingerprint density at radius 1 is 1.47 bits per heavy atom. The number of amides is 2. The Morgan fingerprint density at radius 2 is 2.16 bits per heavy atom. The monoisotopic (exact) mass is 266 g/mol. The molecule has 1 fully saturated rings. The van der Waals surface area contributed by atoms with Gasteiger partial charge < -0.3 is 15.4 Å². The van der Waals surface area contributed by atoms with Gasteiger partial charge in [0.25, 0.3) is 0 Å². The minimum atomic E-state index is -0.509. The van der Waals surface area contributed by atoms with Crippen molar-refractivity contribution in [2.75, 3.05) is 19.8 Å². The Bertz CT molecular complexity index is 373. The van der Waals surface area contributed by atoms with Crippen molar-refractivity contribution in [1.82, 2.24) is 10.6 Å². The van der Waals surface area contributed by atoms with Gasteiger partial charge in [0.05, 0.1) is 19.2 Å². The van der Waals surface area contributed by atoms with Crippen LogP contribution in [0.1, 0.15) is 27.2 Å². The number of hydrogen-bond acceptors (Lipinski definition) is 3. The molecule has 0 unspecified atom stereocenters. The molecule has 1 rings (SSSR count). The third-order valence-electron chi connectivity index (χ3n) is 3.02. The topological polar surface area (TPSA) is 67.4 Å². The maximum absolute atomic E-state index is 11.7. The average molecular weight is 266 g/mol. The smallest absolute Gasteiger partial charge is 0.240 e. The van der Waals surface area contributed by atoms with E-state index in [1.165, 1.54) is 0 Å². The van der Waals surface area contributed by atoms with Gasteiger partial charge in [0.15, 0.2) is 0 Å². The first-order chi connectivity index (χ1) is 8.84. The van der Waals surface area contributed by atoms with Crippen LogP contribution in [0, 0.1) is 23.7 Å². The highest BCUT2D eigenvalue weighted by Gasteiger charge is 2.26. The van der Waals surface area contributed by atoms with Gasteiger partial charge in [0, 0.05) is 17.9 Å². The lowest BCUT2D eigenvalue weighted by Crippen LogP contribution is -2.46. The Kier molecular flexibility index (Phi) is 5.37. The van der Waals surface area contributed by atoms with Crippen molar-refractivity contribution < 1.29 is 14.3 Å². The minimum Gasteiger partial charge on any atom is -0.381 e. The molecule has 0 saturated carbocycles. The van der Waals surface area contributed by atoms with Gasteiger partial charge in [-0.3, -0.25) is 9.59 Å². The number of hydrogen-bond donors (Lipinski definition) is 2. The van der Waals surface area contributed by atoms with E-state index in [0.29, 0.717) is 13.2 Å². The fourth-order valence-electron chi connectivity index (χ4n) is 1.76. The zero-order chi connectivity index (χ0) is 14.5. The van der Waals surface area contributed by atoms with Gasteiger partial charge in [-0.1, -0.05) is 26.7 Å². The van der Waals surface area contributed by atoms with E-state index in [9.17, 15) is 9.59 Å². The summed E-state index contributed by atoms with van der Waals surface area (Å²) >= 11 is 0. The van der Waals surface area contributed by atoms with Gasteiger partial charge in [0.1, 0.15) is 0 Å². The molecule has 2 N–H and O–H groups in total. The lowest BCUT2D eigenvalue weighted by molar-refractivity contribution is -0.131. The largest absolute Gasteiger partial charge is 0.381 e. The van der Waals surface area contributed by atoms with Gasteiger partial charge in [-0.15, -0.1) is 6.42 Å². The average Bonchev–Trinajstić information content (AvgIpc) is 2.85. The Labute approximate surface area is 114 Å². The lowest BCUT2D eigenvalue weighted by Gasteiger charge is -2.20. The molecule has 19 heavy (non-hydrogen) atoms. The Morgan fingerprint density at radius 3 is 2.63 bits per heavy atom. The summed E-state index contributed by atoms with van der Waals surface area (Å²) in [6, 6.07) is -0.332. The molecule has 1 aliphatic heterocycles. The summed E-state index contributed by atoms with van der Waals surface area (Å²) in [4.78, 5) is 23.4. The van der Waals surface area contributed by atoms with Gasteiger partial charge >= 0.3 is 0 Å². The fraction of sp³-hybridized carbons (Fsp3) is 0.714. The van der Waals surface area contributed by atoms with Crippen molar-refractivity contribution in [3.8, 4) is 12.3 Å².